The number of rotatable bonds is 5. The van der Waals surface area contributed by atoms with Crippen LogP contribution < -0.4 is 5.32 Å². The molecule has 2 N–H and O–H groups in total. The molecule has 1 aromatic heterocycles. The molecule has 0 amide bonds. The summed E-state index contributed by atoms with van der Waals surface area (Å²) in [6.45, 7) is 2.33. The summed E-state index contributed by atoms with van der Waals surface area (Å²) in [4.78, 5) is 3.99. The highest BCUT2D eigenvalue weighted by Crippen LogP contribution is 2.15. The normalized spacial score (nSPS) is 12.6. The highest BCUT2D eigenvalue weighted by Gasteiger charge is 2.11. The number of aryl methyl sites for hydroxylation is 1. The minimum Gasteiger partial charge on any atom is -0.445 e. The number of benzene rings is 1. The molecule has 4 nitrogen and oxygen atoms in total. The van der Waals surface area contributed by atoms with Crippen LogP contribution in [0.5, 0.6) is 0 Å². The van der Waals surface area contributed by atoms with Gasteiger partial charge >= 0.3 is 0 Å². The van der Waals surface area contributed by atoms with Gasteiger partial charge in [0.1, 0.15) is 5.76 Å². The first-order valence-electron chi connectivity index (χ1n) is 5.81. The fourth-order valence-electron chi connectivity index (χ4n) is 1.64. The quantitative estimate of drug-likeness (QED) is 0.871. The Morgan fingerprint density at radius 1 is 1.37 bits per heavy atom. The van der Waals surface area contributed by atoms with Crippen LogP contribution in [-0.4, -0.2) is 16.6 Å². The molecular weight excluding hydrogens is 254 g/mol. The van der Waals surface area contributed by atoms with Gasteiger partial charge < -0.3 is 14.8 Å². The number of nitrogens with one attached hydrogen (secondary N) is 1. The van der Waals surface area contributed by atoms with Crippen LogP contribution in [0.1, 0.15) is 23.3 Å². The molecule has 0 saturated heterocycles. The van der Waals surface area contributed by atoms with Gasteiger partial charge in [0.15, 0.2) is 11.6 Å². The number of aliphatic hydroxyl groups is 1. The number of halogens is 2. The van der Waals surface area contributed by atoms with Crippen LogP contribution in [0, 0.1) is 18.6 Å². The Kier molecular flexibility index (Phi) is 4.24. The topological polar surface area (TPSA) is 58.3 Å². The zero-order valence-corrected chi connectivity index (χ0v) is 10.4. The molecule has 0 fully saturated rings. The van der Waals surface area contributed by atoms with Gasteiger partial charge in [0.25, 0.3) is 0 Å². The molecule has 0 bridgehead atoms. The van der Waals surface area contributed by atoms with E-state index in [0.29, 0.717) is 23.8 Å². The van der Waals surface area contributed by atoms with E-state index in [9.17, 15) is 13.9 Å². The summed E-state index contributed by atoms with van der Waals surface area (Å²) in [7, 11) is 0. The summed E-state index contributed by atoms with van der Waals surface area (Å²) in [5.41, 5.74) is 0.315. The van der Waals surface area contributed by atoms with Gasteiger partial charge in [-0.15, -0.1) is 0 Å². The van der Waals surface area contributed by atoms with Crippen molar-refractivity contribution in [1.29, 1.82) is 0 Å². The Balaban J connectivity index is 1.86. The second-order valence-corrected chi connectivity index (χ2v) is 4.18. The van der Waals surface area contributed by atoms with Crippen molar-refractivity contribution in [1.82, 2.24) is 10.3 Å². The molecule has 0 radical (unpaired) electrons. The minimum absolute atomic E-state index is 0.187. The third-order valence-corrected chi connectivity index (χ3v) is 2.61. The number of nitrogens with zero attached hydrogens (tertiary/aromatic N) is 1. The summed E-state index contributed by atoms with van der Waals surface area (Å²) >= 11 is 0. The lowest BCUT2D eigenvalue weighted by Gasteiger charge is -2.11. The van der Waals surface area contributed by atoms with E-state index < -0.39 is 17.7 Å². The molecule has 1 atom stereocenters. The third kappa shape index (κ3) is 3.59. The number of aromatic nitrogens is 1. The van der Waals surface area contributed by atoms with Gasteiger partial charge in [-0.2, -0.15) is 0 Å². The van der Waals surface area contributed by atoms with Gasteiger partial charge in [0, 0.05) is 6.54 Å². The van der Waals surface area contributed by atoms with E-state index in [2.05, 4.69) is 10.3 Å². The summed E-state index contributed by atoms with van der Waals surface area (Å²) in [6.07, 6.45) is 0.675. The van der Waals surface area contributed by atoms with Crippen LogP contribution >= 0.6 is 0 Å². The lowest BCUT2D eigenvalue weighted by atomic mass is 10.1. The van der Waals surface area contributed by atoms with Gasteiger partial charge in [0.2, 0.25) is 5.89 Å². The predicted molar refractivity (Wildman–Crippen MR) is 64.3 cm³/mol. The van der Waals surface area contributed by atoms with Crippen molar-refractivity contribution >= 4 is 0 Å². The van der Waals surface area contributed by atoms with E-state index in [1.165, 1.54) is 6.07 Å². The van der Waals surface area contributed by atoms with Crippen molar-refractivity contribution in [3.8, 4) is 0 Å². The molecule has 6 heteroatoms. The average Bonchev–Trinajstić information content (AvgIpc) is 2.78. The van der Waals surface area contributed by atoms with Crippen LogP contribution in [0.25, 0.3) is 0 Å². The Morgan fingerprint density at radius 2 is 2.16 bits per heavy atom. The van der Waals surface area contributed by atoms with Crippen molar-refractivity contribution in [3.05, 3.63) is 53.2 Å². The van der Waals surface area contributed by atoms with Gasteiger partial charge in [-0.05, 0) is 24.6 Å². The maximum atomic E-state index is 13.0. The SMILES string of the molecule is Cc1cnc(CNCC(O)c2ccc(F)c(F)c2)o1. The molecular formula is C13H14F2N2O2. The predicted octanol–water partition coefficient (Wildman–Crippen LogP) is 2.08. The summed E-state index contributed by atoms with van der Waals surface area (Å²) < 4.78 is 31.0. The Hall–Kier alpha value is -1.79. The fourth-order valence-corrected chi connectivity index (χ4v) is 1.64. The number of aliphatic hydroxyl groups excluding tert-OH is 1. The second-order valence-electron chi connectivity index (χ2n) is 4.18. The van der Waals surface area contributed by atoms with Crippen molar-refractivity contribution in [2.45, 2.75) is 19.6 Å². The number of oxazole rings is 1. The first-order valence-corrected chi connectivity index (χ1v) is 5.81. The van der Waals surface area contributed by atoms with Crippen molar-refractivity contribution in [2.24, 2.45) is 0 Å². The standard InChI is InChI=1S/C13H14F2N2O2/c1-8-5-17-13(19-8)7-16-6-12(18)9-2-3-10(14)11(15)4-9/h2-5,12,16,18H,6-7H2,1H3. The maximum Gasteiger partial charge on any atom is 0.208 e. The molecule has 0 aliphatic rings. The van der Waals surface area contributed by atoms with E-state index in [4.69, 9.17) is 4.42 Å². The Bertz CT molecular complexity index is 557. The lowest BCUT2D eigenvalue weighted by Crippen LogP contribution is -2.21. The number of hydrogen-bond donors (Lipinski definition) is 2. The molecule has 19 heavy (non-hydrogen) atoms. The summed E-state index contributed by atoms with van der Waals surface area (Å²) in [5.74, 6) is -0.688. The highest BCUT2D eigenvalue weighted by atomic mass is 19.2. The molecule has 2 rings (SSSR count). The molecule has 102 valence electrons. The average molecular weight is 268 g/mol. The first kappa shape index (κ1) is 13.6. The first-order chi connectivity index (χ1) is 9.06. The Labute approximate surface area is 109 Å². The van der Waals surface area contributed by atoms with Gasteiger partial charge in [-0.1, -0.05) is 6.07 Å². The smallest absolute Gasteiger partial charge is 0.208 e. The van der Waals surface area contributed by atoms with E-state index in [0.717, 1.165) is 12.1 Å². The molecule has 1 aromatic carbocycles. The second kappa shape index (κ2) is 5.90. The van der Waals surface area contributed by atoms with Crippen LogP contribution in [-0.2, 0) is 6.54 Å². The maximum absolute atomic E-state index is 13.0. The lowest BCUT2D eigenvalue weighted by molar-refractivity contribution is 0.172. The van der Waals surface area contributed by atoms with Gasteiger partial charge in [0.05, 0.1) is 18.8 Å². The van der Waals surface area contributed by atoms with E-state index in [1.54, 1.807) is 13.1 Å². The van der Waals surface area contributed by atoms with E-state index in [-0.39, 0.29) is 6.54 Å². The molecule has 0 spiro atoms. The molecule has 0 saturated carbocycles. The van der Waals surface area contributed by atoms with Crippen LogP contribution in [0.4, 0.5) is 8.78 Å². The largest absolute Gasteiger partial charge is 0.445 e. The Morgan fingerprint density at radius 3 is 2.79 bits per heavy atom. The van der Waals surface area contributed by atoms with E-state index >= 15 is 0 Å². The van der Waals surface area contributed by atoms with Crippen LogP contribution in [0.2, 0.25) is 0 Å². The zero-order valence-electron chi connectivity index (χ0n) is 10.4. The summed E-state index contributed by atoms with van der Waals surface area (Å²) in [5, 5.41) is 12.7. The van der Waals surface area contributed by atoms with E-state index in [1.807, 2.05) is 0 Å². The molecule has 1 heterocycles. The van der Waals surface area contributed by atoms with Gasteiger partial charge in [-0.3, -0.25) is 0 Å². The monoisotopic (exact) mass is 268 g/mol. The molecule has 0 aliphatic carbocycles. The fraction of sp³-hybridized carbons (Fsp3) is 0.308. The number of hydrogen-bond acceptors (Lipinski definition) is 4. The zero-order chi connectivity index (χ0) is 13.8. The van der Waals surface area contributed by atoms with Crippen molar-refractivity contribution in [3.63, 3.8) is 0 Å². The van der Waals surface area contributed by atoms with Crippen LogP contribution in [0.15, 0.2) is 28.8 Å². The third-order valence-electron chi connectivity index (χ3n) is 2.61. The van der Waals surface area contributed by atoms with Crippen molar-refractivity contribution in [2.75, 3.05) is 6.54 Å². The minimum atomic E-state index is -0.972. The highest BCUT2D eigenvalue weighted by molar-refractivity contribution is 5.20. The molecule has 2 aromatic rings. The van der Waals surface area contributed by atoms with Crippen molar-refractivity contribution < 1.29 is 18.3 Å². The molecule has 1 unspecified atom stereocenters. The molecule has 0 aliphatic heterocycles. The van der Waals surface area contributed by atoms with Crippen LogP contribution in [0.3, 0.4) is 0 Å². The van der Waals surface area contributed by atoms with Gasteiger partial charge in [-0.25, -0.2) is 13.8 Å². The summed E-state index contributed by atoms with van der Waals surface area (Å²) in [6, 6.07) is 3.32.